The van der Waals surface area contributed by atoms with Crippen LogP contribution in [0.15, 0.2) is 0 Å². The van der Waals surface area contributed by atoms with Crippen molar-refractivity contribution in [3.05, 3.63) is 0 Å². The number of carbonyl (C=O) groups excluding carboxylic acids is 2. The van der Waals surface area contributed by atoms with Crippen LogP contribution in [0.2, 0.25) is 0 Å². The molecule has 4 N–H and O–H groups in total. The molecule has 19 heavy (non-hydrogen) atoms. The maximum atomic E-state index is 11.8. The molecule has 1 heterocycles. The third-order valence-corrected chi connectivity index (χ3v) is 3.03. The first-order chi connectivity index (χ1) is 9.04. The van der Waals surface area contributed by atoms with Crippen LogP contribution in [0.3, 0.4) is 0 Å². The average molecular weight is 271 g/mol. The van der Waals surface area contributed by atoms with Gasteiger partial charge in [-0.25, -0.2) is 4.79 Å². The van der Waals surface area contributed by atoms with E-state index in [1.165, 1.54) is 0 Å². The molecule has 1 aliphatic heterocycles. The van der Waals surface area contributed by atoms with Gasteiger partial charge in [-0.05, 0) is 32.7 Å². The molecule has 7 heteroatoms. The number of carboxylic acids is 1. The lowest BCUT2D eigenvalue weighted by molar-refractivity contribution is -0.142. The summed E-state index contributed by atoms with van der Waals surface area (Å²) in [6, 6.07) is -1.33. The summed E-state index contributed by atoms with van der Waals surface area (Å²) in [7, 11) is 0. The van der Waals surface area contributed by atoms with Crippen molar-refractivity contribution in [2.24, 2.45) is 0 Å². The highest BCUT2D eigenvalue weighted by molar-refractivity contribution is 5.87. The summed E-state index contributed by atoms with van der Waals surface area (Å²) in [6.45, 7) is 3.07. The highest BCUT2D eigenvalue weighted by Crippen LogP contribution is 2.06. The Labute approximate surface area is 112 Å². The monoisotopic (exact) mass is 271 g/mol. The molecule has 7 nitrogen and oxygen atoms in total. The van der Waals surface area contributed by atoms with Crippen LogP contribution in [0.25, 0.3) is 0 Å². The Kier molecular flexibility index (Phi) is 6.27. The highest BCUT2D eigenvalue weighted by Gasteiger charge is 2.27. The highest BCUT2D eigenvalue weighted by atomic mass is 16.4. The number of aliphatic carboxylic acids is 1. The van der Waals surface area contributed by atoms with E-state index in [4.69, 9.17) is 5.11 Å². The molecule has 0 aliphatic carbocycles. The number of carbonyl (C=O) groups is 3. The molecule has 0 aromatic carbocycles. The molecule has 1 rings (SSSR count). The summed E-state index contributed by atoms with van der Waals surface area (Å²) in [4.78, 5) is 34.1. The minimum Gasteiger partial charge on any atom is -0.480 e. The van der Waals surface area contributed by atoms with E-state index >= 15 is 0 Å². The number of hydrogen-bond acceptors (Lipinski definition) is 4. The lowest BCUT2D eigenvalue weighted by Gasteiger charge is -2.17. The maximum absolute atomic E-state index is 11.8. The molecule has 0 aromatic heterocycles. The third-order valence-electron chi connectivity index (χ3n) is 3.03. The van der Waals surface area contributed by atoms with Gasteiger partial charge in [-0.1, -0.05) is 0 Å². The molecule has 1 saturated heterocycles. The molecule has 0 radical (unpaired) electrons. The summed E-state index contributed by atoms with van der Waals surface area (Å²) in [6.07, 6.45) is 1.81. The number of amides is 2. The molecule has 0 aromatic rings. The average Bonchev–Trinajstić information content (AvgIpc) is 2.88. The number of carboxylic acid groups (broad SMARTS) is 1. The molecule has 0 spiro atoms. The SMILES string of the molecule is CCNC(=O)CC[C@H](NC(=O)[C@@H]1CCCN1)C(=O)O. The zero-order valence-corrected chi connectivity index (χ0v) is 11.1. The summed E-state index contributed by atoms with van der Waals surface area (Å²) >= 11 is 0. The quantitative estimate of drug-likeness (QED) is 0.486. The van der Waals surface area contributed by atoms with E-state index in [0.717, 1.165) is 13.0 Å². The lowest BCUT2D eigenvalue weighted by atomic mass is 10.1. The fraction of sp³-hybridized carbons (Fsp3) is 0.750. The van der Waals surface area contributed by atoms with Crippen molar-refractivity contribution in [2.75, 3.05) is 13.1 Å². The Morgan fingerprint density at radius 2 is 2.16 bits per heavy atom. The van der Waals surface area contributed by atoms with Crippen LogP contribution in [-0.2, 0) is 14.4 Å². The van der Waals surface area contributed by atoms with Gasteiger partial charge in [0.1, 0.15) is 6.04 Å². The largest absolute Gasteiger partial charge is 0.480 e. The van der Waals surface area contributed by atoms with E-state index in [2.05, 4.69) is 16.0 Å². The molecule has 1 aliphatic rings. The number of rotatable bonds is 7. The fourth-order valence-corrected chi connectivity index (χ4v) is 2.00. The van der Waals surface area contributed by atoms with Crippen molar-refractivity contribution in [3.8, 4) is 0 Å². The van der Waals surface area contributed by atoms with E-state index in [1.807, 2.05) is 0 Å². The smallest absolute Gasteiger partial charge is 0.326 e. The van der Waals surface area contributed by atoms with Crippen LogP contribution in [0, 0.1) is 0 Å². The predicted molar refractivity (Wildman–Crippen MR) is 68.5 cm³/mol. The van der Waals surface area contributed by atoms with E-state index < -0.39 is 12.0 Å². The molecule has 0 bridgehead atoms. The Morgan fingerprint density at radius 1 is 1.42 bits per heavy atom. The zero-order chi connectivity index (χ0) is 14.3. The van der Waals surface area contributed by atoms with Crippen molar-refractivity contribution in [1.29, 1.82) is 0 Å². The molecular weight excluding hydrogens is 250 g/mol. The van der Waals surface area contributed by atoms with Crippen molar-refractivity contribution in [2.45, 2.75) is 44.7 Å². The maximum Gasteiger partial charge on any atom is 0.326 e. The molecule has 2 atom stereocenters. The Hall–Kier alpha value is -1.63. The number of nitrogens with one attached hydrogen (secondary N) is 3. The van der Waals surface area contributed by atoms with Crippen LogP contribution in [0.4, 0.5) is 0 Å². The second-order valence-corrected chi connectivity index (χ2v) is 4.54. The van der Waals surface area contributed by atoms with Crippen LogP contribution in [0.5, 0.6) is 0 Å². The van der Waals surface area contributed by atoms with Crippen LogP contribution < -0.4 is 16.0 Å². The van der Waals surface area contributed by atoms with Gasteiger partial charge in [0.25, 0.3) is 0 Å². The van der Waals surface area contributed by atoms with E-state index in [-0.39, 0.29) is 30.7 Å². The Morgan fingerprint density at radius 3 is 2.68 bits per heavy atom. The van der Waals surface area contributed by atoms with Crippen molar-refractivity contribution in [3.63, 3.8) is 0 Å². The fourth-order valence-electron chi connectivity index (χ4n) is 2.00. The van der Waals surface area contributed by atoms with E-state index in [1.54, 1.807) is 6.92 Å². The van der Waals surface area contributed by atoms with Crippen LogP contribution >= 0.6 is 0 Å². The molecule has 0 saturated carbocycles. The van der Waals surface area contributed by atoms with Gasteiger partial charge in [0, 0.05) is 13.0 Å². The zero-order valence-electron chi connectivity index (χ0n) is 11.1. The van der Waals surface area contributed by atoms with Crippen LogP contribution in [-0.4, -0.2) is 48.1 Å². The first-order valence-electron chi connectivity index (χ1n) is 6.57. The summed E-state index contributed by atoms with van der Waals surface area (Å²) in [5, 5.41) is 17.1. The topological polar surface area (TPSA) is 108 Å². The first kappa shape index (κ1) is 15.4. The van der Waals surface area contributed by atoms with Crippen molar-refractivity contribution in [1.82, 2.24) is 16.0 Å². The predicted octanol–water partition coefficient (Wildman–Crippen LogP) is -0.776. The standard InChI is InChI=1S/C12H21N3O4/c1-2-13-10(16)6-5-9(12(18)19)15-11(17)8-4-3-7-14-8/h8-9,14H,2-7H2,1H3,(H,13,16)(H,15,17)(H,18,19)/t8-,9-/m0/s1. The minimum atomic E-state index is -1.12. The summed E-state index contributed by atoms with van der Waals surface area (Å²) in [5.74, 6) is -1.63. The normalized spacial score (nSPS) is 19.7. The molecule has 1 fully saturated rings. The van der Waals surface area contributed by atoms with Gasteiger partial charge in [0.2, 0.25) is 11.8 Å². The second kappa shape index (κ2) is 7.73. The van der Waals surface area contributed by atoms with Gasteiger partial charge in [0.15, 0.2) is 0 Å². The van der Waals surface area contributed by atoms with Crippen molar-refractivity contribution < 1.29 is 19.5 Å². The molecule has 108 valence electrons. The molecule has 0 unspecified atom stereocenters. The van der Waals surface area contributed by atoms with E-state index in [9.17, 15) is 14.4 Å². The van der Waals surface area contributed by atoms with E-state index in [0.29, 0.717) is 13.0 Å². The summed E-state index contributed by atoms with van der Waals surface area (Å²) in [5.41, 5.74) is 0. The lowest BCUT2D eigenvalue weighted by Crippen LogP contribution is -2.48. The molecule has 2 amide bonds. The van der Waals surface area contributed by atoms with Gasteiger partial charge in [-0.2, -0.15) is 0 Å². The van der Waals surface area contributed by atoms with Gasteiger partial charge in [-0.15, -0.1) is 0 Å². The summed E-state index contributed by atoms with van der Waals surface area (Å²) < 4.78 is 0. The Balaban J connectivity index is 2.41. The van der Waals surface area contributed by atoms with Gasteiger partial charge < -0.3 is 21.1 Å². The minimum absolute atomic E-state index is 0.0865. The number of hydrogen-bond donors (Lipinski definition) is 4. The third kappa shape index (κ3) is 5.25. The Bertz CT molecular complexity index is 340. The van der Waals surface area contributed by atoms with Crippen LogP contribution in [0.1, 0.15) is 32.6 Å². The molecular formula is C12H21N3O4. The van der Waals surface area contributed by atoms with Crippen molar-refractivity contribution >= 4 is 17.8 Å². The van der Waals surface area contributed by atoms with Gasteiger partial charge in [0.05, 0.1) is 6.04 Å². The van der Waals surface area contributed by atoms with Gasteiger partial charge in [-0.3, -0.25) is 9.59 Å². The second-order valence-electron chi connectivity index (χ2n) is 4.54. The first-order valence-corrected chi connectivity index (χ1v) is 6.57. The van der Waals surface area contributed by atoms with Gasteiger partial charge >= 0.3 is 5.97 Å².